The van der Waals surface area contributed by atoms with Crippen molar-refractivity contribution in [2.24, 2.45) is 0 Å². The predicted molar refractivity (Wildman–Crippen MR) is 41.1 cm³/mol. The summed E-state index contributed by atoms with van der Waals surface area (Å²) in [7, 11) is 0. The Kier molecular flexibility index (Phi) is 4.65. The second kappa shape index (κ2) is 5.27. The van der Waals surface area contributed by atoms with Crippen molar-refractivity contribution in [3.63, 3.8) is 0 Å². The monoisotopic (exact) mass is 285 g/mol. The van der Waals surface area contributed by atoms with Gasteiger partial charge in [-0.05, 0) is 0 Å². The Hall–Kier alpha value is -1.88. The summed E-state index contributed by atoms with van der Waals surface area (Å²) in [4.78, 5) is 31.0. The van der Waals surface area contributed by atoms with E-state index in [1.54, 1.807) is 0 Å². The Morgan fingerprint density at radius 2 is 0.875 bits per heavy atom. The molecule has 1 aliphatic rings. The SMILES string of the molecule is O=[N+]([O-])N1CN([N+](=O)[O-])CN([N+](=O)[O-])C1.[Cu+2]. The molecule has 0 unspecified atom stereocenters. The Labute approximate surface area is 98.2 Å². The molecule has 1 radical (unpaired) electrons. The van der Waals surface area contributed by atoms with Gasteiger partial charge in [0.15, 0.2) is 15.1 Å². The van der Waals surface area contributed by atoms with Gasteiger partial charge in [0.25, 0.3) is 0 Å². The summed E-state index contributed by atoms with van der Waals surface area (Å²) in [6, 6.07) is 0. The molecule has 1 heterocycles. The van der Waals surface area contributed by atoms with Crippen molar-refractivity contribution < 1.29 is 32.2 Å². The summed E-state index contributed by atoms with van der Waals surface area (Å²) in [6.07, 6.45) is 0. The van der Waals surface area contributed by atoms with Crippen LogP contribution in [0.2, 0.25) is 0 Å². The third kappa shape index (κ3) is 3.06. The van der Waals surface area contributed by atoms with Crippen molar-refractivity contribution in [2.75, 3.05) is 20.0 Å². The van der Waals surface area contributed by atoms with Gasteiger partial charge in [-0.2, -0.15) is 0 Å². The summed E-state index contributed by atoms with van der Waals surface area (Å²) < 4.78 is 0. The van der Waals surface area contributed by atoms with Crippen LogP contribution in [-0.2, 0) is 17.1 Å². The number of hydrogen-bond acceptors (Lipinski definition) is 6. The maximum absolute atomic E-state index is 10.3. The van der Waals surface area contributed by atoms with E-state index < -0.39 is 35.1 Å². The van der Waals surface area contributed by atoms with Crippen LogP contribution in [0.5, 0.6) is 0 Å². The van der Waals surface area contributed by atoms with E-state index in [0.29, 0.717) is 15.0 Å². The van der Waals surface area contributed by atoms with Crippen LogP contribution in [-0.4, -0.2) is 50.1 Å². The quantitative estimate of drug-likeness (QED) is 0.339. The Bertz CT molecular complexity index is 257. The number of hydrazine groups is 3. The van der Waals surface area contributed by atoms with E-state index in [1.165, 1.54) is 0 Å². The summed E-state index contributed by atoms with van der Waals surface area (Å²) in [5.41, 5.74) is 0. The second-order valence-corrected chi connectivity index (χ2v) is 2.66. The van der Waals surface area contributed by atoms with E-state index in [9.17, 15) is 30.3 Å². The van der Waals surface area contributed by atoms with E-state index in [4.69, 9.17) is 0 Å². The average molecular weight is 286 g/mol. The van der Waals surface area contributed by atoms with E-state index in [0.717, 1.165) is 0 Å². The third-order valence-corrected chi connectivity index (χ3v) is 1.67. The molecular weight excluding hydrogens is 280 g/mol. The first-order valence-electron chi connectivity index (χ1n) is 3.59. The summed E-state index contributed by atoms with van der Waals surface area (Å²) in [6.45, 7) is -1.78. The van der Waals surface area contributed by atoms with Crippen LogP contribution < -0.4 is 0 Å². The van der Waals surface area contributed by atoms with Crippen molar-refractivity contribution in [1.29, 1.82) is 0 Å². The number of hydrogen-bond donors (Lipinski definition) is 0. The van der Waals surface area contributed by atoms with Crippen molar-refractivity contribution in [3.8, 4) is 0 Å². The summed E-state index contributed by atoms with van der Waals surface area (Å²) >= 11 is 0. The molecule has 1 saturated heterocycles. The normalized spacial score (nSPS) is 15.4. The molecule has 16 heavy (non-hydrogen) atoms. The van der Waals surface area contributed by atoms with Gasteiger partial charge >= 0.3 is 17.1 Å². The van der Waals surface area contributed by atoms with Crippen LogP contribution in [0.25, 0.3) is 0 Å². The summed E-state index contributed by atoms with van der Waals surface area (Å²) in [5.74, 6) is 0. The molecule has 1 rings (SSSR count). The molecular formula is C3H6CuN6O6+2. The average Bonchev–Trinajstić information content (AvgIpc) is 2.16. The van der Waals surface area contributed by atoms with Crippen molar-refractivity contribution >= 4 is 0 Å². The van der Waals surface area contributed by atoms with Gasteiger partial charge in [0, 0.05) is 0 Å². The van der Waals surface area contributed by atoms with Gasteiger partial charge in [0.2, 0.25) is 20.0 Å². The van der Waals surface area contributed by atoms with Crippen molar-refractivity contribution in [1.82, 2.24) is 15.0 Å². The Morgan fingerprint density at radius 3 is 1.00 bits per heavy atom. The topological polar surface area (TPSA) is 139 Å². The molecule has 1 fully saturated rings. The zero-order valence-corrected chi connectivity index (χ0v) is 8.50. The molecule has 0 amide bonds. The Balaban J connectivity index is 0.00000225. The van der Waals surface area contributed by atoms with Crippen LogP contribution in [0.1, 0.15) is 0 Å². The molecule has 0 aromatic carbocycles. The van der Waals surface area contributed by atoms with Crippen LogP contribution in [0.15, 0.2) is 0 Å². The van der Waals surface area contributed by atoms with Gasteiger partial charge in [0.05, 0.1) is 0 Å². The summed E-state index contributed by atoms with van der Waals surface area (Å²) in [5, 5.41) is 29.3. The van der Waals surface area contributed by atoms with E-state index in [2.05, 4.69) is 0 Å². The minimum atomic E-state index is -0.924. The van der Waals surface area contributed by atoms with Gasteiger partial charge in [-0.15, -0.1) is 0 Å². The molecule has 0 spiro atoms. The largest absolute Gasteiger partial charge is 2.00 e. The van der Waals surface area contributed by atoms with Crippen LogP contribution >= 0.6 is 0 Å². The van der Waals surface area contributed by atoms with E-state index >= 15 is 0 Å². The molecule has 93 valence electrons. The first kappa shape index (κ1) is 14.1. The number of nitrogens with zero attached hydrogens (tertiary/aromatic N) is 6. The minimum absolute atomic E-state index is 0. The second-order valence-electron chi connectivity index (χ2n) is 2.66. The van der Waals surface area contributed by atoms with Crippen LogP contribution in [0, 0.1) is 30.3 Å². The smallest absolute Gasteiger partial charge is 0.235 e. The zero-order valence-electron chi connectivity index (χ0n) is 7.56. The van der Waals surface area contributed by atoms with Gasteiger partial charge in [-0.25, -0.2) is 30.3 Å². The first-order chi connectivity index (χ1) is 6.91. The van der Waals surface area contributed by atoms with Crippen LogP contribution in [0.3, 0.4) is 0 Å². The molecule has 12 nitrogen and oxygen atoms in total. The fourth-order valence-electron chi connectivity index (χ4n) is 1.01. The van der Waals surface area contributed by atoms with E-state index in [-0.39, 0.29) is 17.1 Å². The maximum Gasteiger partial charge on any atom is 2.00 e. The van der Waals surface area contributed by atoms with Gasteiger partial charge in [-0.1, -0.05) is 15.0 Å². The molecule has 0 N–H and O–H groups in total. The van der Waals surface area contributed by atoms with Crippen molar-refractivity contribution in [3.05, 3.63) is 30.3 Å². The molecule has 0 aromatic rings. The van der Waals surface area contributed by atoms with Gasteiger partial charge < -0.3 is 0 Å². The predicted octanol–water partition coefficient (Wildman–Crippen LogP) is -1.65. The molecule has 13 heteroatoms. The molecule has 0 bridgehead atoms. The minimum Gasteiger partial charge on any atom is -0.235 e. The van der Waals surface area contributed by atoms with Crippen LogP contribution in [0.4, 0.5) is 0 Å². The number of rotatable bonds is 3. The van der Waals surface area contributed by atoms with Gasteiger partial charge in [0.1, 0.15) is 0 Å². The van der Waals surface area contributed by atoms with Gasteiger partial charge in [-0.3, -0.25) is 0 Å². The molecule has 0 saturated carbocycles. The number of nitro groups is 3. The first-order valence-corrected chi connectivity index (χ1v) is 3.59. The Morgan fingerprint density at radius 1 is 0.688 bits per heavy atom. The fraction of sp³-hybridized carbons (Fsp3) is 1.00. The molecule has 0 aliphatic carbocycles. The standard InChI is InChI=1S/C3H6N6O6.Cu/c10-7(11)4-1-5(8(12)13)3-6(2-4)9(14)15;/h1-3H2;/q;+2. The third-order valence-electron chi connectivity index (χ3n) is 1.67. The fourth-order valence-corrected chi connectivity index (χ4v) is 1.01. The van der Waals surface area contributed by atoms with E-state index in [1.807, 2.05) is 0 Å². The molecule has 1 aliphatic heterocycles. The zero-order chi connectivity index (χ0) is 11.6. The van der Waals surface area contributed by atoms with Crippen molar-refractivity contribution in [2.45, 2.75) is 0 Å². The maximum atomic E-state index is 10.3. The molecule has 0 aromatic heterocycles. The molecule has 0 atom stereocenters.